The zero-order valence-corrected chi connectivity index (χ0v) is 13.3. The molecule has 1 amide bonds. The molecular formula is C18H18ClNO3. The topological polar surface area (TPSA) is 58.6 Å². The molecule has 5 heteroatoms. The Kier molecular flexibility index (Phi) is 4.84. The van der Waals surface area contributed by atoms with E-state index in [0.29, 0.717) is 11.6 Å². The average molecular weight is 332 g/mol. The standard InChI is InChI=1S/C18H18ClNO3/c19-15-3-5-17-14(9-15)7-13(11-23-17)2-6-18(22)20-16-4-1-12(8-16)10-21/h1-7,9,12,16,21H,8,10-11H2,(H,20,22)/b6-2+/t12-,16+/m0/s1. The number of nitrogens with one attached hydrogen (secondary N) is 1. The summed E-state index contributed by atoms with van der Waals surface area (Å²) in [6.07, 6.45) is 9.83. The van der Waals surface area contributed by atoms with E-state index in [9.17, 15) is 4.79 Å². The molecule has 4 nitrogen and oxygen atoms in total. The van der Waals surface area contributed by atoms with Crippen molar-refractivity contribution in [1.82, 2.24) is 5.32 Å². The first-order valence-electron chi connectivity index (χ1n) is 7.55. The third kappa shape index (κ3) is 4.03. The Morgan fingerprint density at radius 3 is 3.09 bits per heavy atom. The van der Waals surface area contributed by atoms with Gasteiger partial charge in [0.25, 0.3) is 0 Å². The summed E-state index contributed by atoms with van der Waals surface area (Å²) in [4.78, 5) is 12.0. The van der Waals surface area contributed by atoms with Gasteiger partial charge in [0, 0.05) is 35.2 Å². The van der Waals surface area contributed by atoms with Crippen LogP contribution in [0.2, 0.25) is 5.02 Å². The molecule has 1 aliphatic carbocycles. The number of hydrogen-bond acceptors (Lipinski definition) is 3. The Morgan fingerprint density at radius 2 is 2.30 bits per heavy atom. The first kappa shape index (κ1) is 15.8. The Hall–Kier alpha value is -2.04. The monoisotopic (exact) mass is 331 g/mol. The number of aliphatic hydroxyl groups is 1. The molecule has 120 valence electrons. The lowest BCUT2D eigenvalue weighted by Crippen LogP contribution is -2.31. The number of aliphatic hydroxyl groups excluding tert-OH is 1. The van der Waals surface area contributed by atoms with Gasteiger partial charge in [-0.15, -0.1) is 0 Å². The lowest BCUT2D eigenvalue weighted by Gasteiger charge is -2.16. The van der Waals surface area contributed by atoms with Crippen LogP contribution < -0.4 is 10.1 Å². The third-order valence-corrected chi connectivity index (χ3v) is 4.13. The van der Waals surface area contributed by atoms with Crippen LogP contribution in [0.1, 0.15) is 12.0 Å². The van der Waals surface area contributed by atoms with E-state index in [1.54, 1.807) is 12.1 Å². The lowest BCUT2D eigenvalue weighted by atomic mass is 10.1. The van der Waals surface area contributed by atoms with Crippen LogP contribution in [0, 0.1) is 5.92 Å². The van der Waals surface area contributed by atoms with Crippen LogP contribution in [0.4, 0.5) is 0 Å². The van der Waals surface area contributed by atoms with E-state index >= 15 is 0 Å². The summed E-state index contributed by atoms with van der Waals surface area (Å²) < 4.78 is 5.64. The number of carbonyl (C=O) groups excluding carboxylic acids is 1. The highest BCUT2D eigenvalue weighted by Gasteiger charge is 2.18. The molecule has 1 aromatic rings. The Balaban J connectivity index is 1.60. The Morgan fingerprint density at radius 1 is 1.43 bits per heavy atom. The van der Waals surface area contributed by atoms with Crippen molar-refractivity contribution in [2.45, 2.75) is 12.5 Å². The molecule has 0 bridgehead atoms. The van der Waals surface area contributed by atoms with E-state index in [0.717, 1.165) is 23.3 Å². The second kappa shape index (κ2) is 7.02. The van der Waals surface area contributed by atoms with E-state index in [-0.39, 0.29) is 24.5 Å². The van der Waals surface area contributed by atoms with Crippen LogP contribution in [-0.4, -0.2) is 30.3 Å². The first-order chi connectivity index (χ1) is 11.1. The fourth-order valence-corrected chi connectivity index (χ4v) is 2.87. The van der Waals surface area contributed by atoms with Gasteiger partial charge in [-0.1, -0.05) is 29.8 Å². The smallest absolute Gasteiger partial charge is 0.244 e. The molecule has 1 aliphatic heterocycles. The molecule has 2 N–H and O–H groups in total. The van der Waals surface area contributed by atoms with Crippen LogP contribution >= 0.6 is 11.6 Å². The predicted octanol–water partition coefficient (Wildman–Crippen LogP) is 2.73. The summed E-state index contributed by atoms with van der Waals surface area (Å²) >= 11 is 5.98. The minimum absolute atomic E-state index is 0.0135. The Bertz CT molecular complexity index is 694. The normalized spacial score (nSPS) is 22.6. The van der Waals surface area contributed by atoms with E-state index in [2.05, 4.69) is 5.32 Å². The summed E-state index contributed by atoms with van der Waals surface area (Å²) in [5, 5.41) is 12.6. The highest BCUT2D eigenvalue weighted by molar-refractivity contribution is 6.30. The number of fused-ring (bicyclic) bond motifs is 1. The molecule has 2 atom stereocenters. The van der Waals surface area contributed by atoms with Gasteiger partial charge in [0.15, 0.2) is 0 Å². The highest BCUT2D eigenvalue weighted by atomic mass is 35.5. The quantitative estimate of drug-likeness (QED) is 0.659. The van der Waals surface area contributed by atoms with Crippen molar-refractivity contribution in [3.05, 3.63) is 58.7 Å². The van der Waals surface area contributed by atoms with Crippen molar-refractivity contribution in [1.29, 1.82) is 0 Å². The molecular weight excluding hydrogens is 314 g/mol. The van der Waals surface area contributed by atoms with Crippen molar-refractivity contribution >= 4 is 23.6 Å². The zero-order chi connectivity index (χ0) is 16.2. The van der Waals surface area contributed by atoms with Gasteiger partial charge in [0.1, 0.15) is 12.4 Å². The van der Waals surface area contributed by atoms with Gasteiger partial charge in [-0.05, 0) is 36.3 Å². The van der Waals surface area contributed by atoms with E-state index < -0.39 is 0 Å². The number of carbonyl (C=O) groups is 1. The van der Waals surface area contributed by atoms with Crippen molar-refractivity contribution < 1.29 is 14.6 Å². The van der Waals surface area contributed by atoms with Gasteiger partial charge in [-0.2, -0.15) is 0 Å². The molecule has 0 fully saturated rings. The second-order valence-electron chi connectivity index (χ2n) is 5.70. The maximum Gasteiger partial charge on any atom is 0.244 e. The number of benzene rings is 1. The van der Waals surface area contributed by atoms with Crippen molar-refractivity contribution in [3.63, 3.8) is 0 Å². The van der Waals surface area contributed by atoms with Crippen LogP contribution in [0.3, 0.4) is 0 Å². The minimum atomic E-state index is -0.156. The van der Waals surface area contributed by atoms with Crippen LogP contribution in [-0.2, 0) is 4.79 Å². The van der Waals surface area contributed by atoms with Crippen LogP contribution in [0.15, 0.2) is 48.1 Å². The molecule has 0 aromatic heterocycles. The molecule has 0 saturated heterocycles. The van der Waals surface area contributed by atoms with Crippen LogP contribution in [0.5, 0.6) is 5.75 Å². The number of ether oxygens (including phenoxy) is 1. The first-order valence-corrected chi connectivity index (χ1v) is 7.92. The van der Waals surface area contributed by atoms with Gasteiger partial charge in [0.05, 0.1) is 0 Å². The number of halogens is 1. The predicted molar refractivity (Wildman–Crippen MR) is 90.3 cm³/mol. The van der Waals surface area contributed by atoms with Gasteiger partial charge in [-0.25, -0.2) is 0 Å². The second-order valence-corrected chi connectivity index (χ2v) is 6.14. The van der Waals surface area contributed by atoms with E-state index in [4.69, 9.17) is 21.4 Å². The molecule has 0 spiro atoms. The maximum absolute atomic E-state index is 12.0. The molecule has 0 radical (unpaired) electrons. The van der Waals surface area contributed by atoms with Gasteiger partial charge in [-0.3, -0.25) is 4.79 Å². The lowest BCUT2D eigenvalue weighted by molar-refractivity contribution is -0.116. The summed E-state index contributed by atoms with van der Waals surface area (Å²) in [7, 11) is 0. The number of hydrogen-bond donors (Lipinski definition) is 2. The highest BCUT2D eigenvalue weighted by Crippen LogP contribution is 2.29. The van der Waals surface area contributed by atoms with E-state index in [1.807, 2.05) is 30.4 Å². The molecule has 1 aromatic carbocycles. The van der Waals surface area contributed by atoms with Gasteiger partial charge < -0.3 is 15.2 Å². The fourth-order valence-electron chi connectivity index (χ4n) is 2.69. The van der Waals surface area contributed by atoms with E-state index in [1.165, 1.54) is 6.08 Å². The maximum atomic E-state index is 12.0. The number of rotatable bonds is 4. The van der Waals surface area contributed by atoms with Crippen molar-refractivity contribution in [2.24, 2.45) is 5.92 Å². The average Bonchev–Trinajstić information content (AvgIpc) is 3.00. The van der Waals surface area contributed by atoms with Crippen molar-refractivity contribution in [2.75, 3.05) is 13.2 Å². The Labute approximate surface area is 140 Å². The zero-order valence-electron chi connectivity index (χ0n) is 12.5. The van der Waals surface area contributed by atoms with Crippen molar-refractivity contribution in [3.8, 4) is 5.75 Å². The minimum Gasteiger partial charge on any atom is -0.488 e. The summed E-state index contributed by atoms with van der Waals surface area (Å²) in [5.41, 5.74) is 1.82. The summed E-state index contributed by atoms with van der Waals surface area (Å²) in [6, 6.07) is 5.45. The molecule has 23 heavy (non-hydrogen) atoms. The van der Waals surface area contributed by atoms with Crippen LogP contribution in [0.25, 0.3) is 6.08 Å². The number of amides is 1. The third-order valence-electron chi connectivity index (χ3n) is 3.89. The molecule has 0 saturated carbocycles. The summed E-state index contributed by atoms with van der Waals surface area (Å²) in [5.74, 6) is 0.776. The molecule has 2 aliphatic rings. The fraction of sp³-hybridized carbons (Fsp3) is 0.278. The van der Waals surface area contributed by atoms with Gasteiger partial charge in [0.2, 0.25) is 5.91 Å². The summed E-state index contributed by atoms with van der Waals surface area (Å²) in [6.45, 7) is 0.541. The van der Waals surface area contributed by atoms with Gasteiger partial charge >= 0.3 is 0 Å². The largest absolute Gasteiger partial charge is 0.488 e. The molecule has 0 unspecified atom stereocenters. The SMILES string of the molecule is O=C(/C=C/C1=Cc2cc(Cl)ccc2OC1)N[C@@H]1C=C[C@H](CO)C1. The molecule has 1 heterocycles. The molecule has 3 rings (SSSR count).